The molecule has 0 saturated heterocycles. The minimum absolute atomic E-state index is 0.0258. The number of fused-ring (bicyclic) bond motifs is 1. The molecule has 30 heavy (non-hydrogen) atoms. The Kier molecular flexibility index (Phi) is 9.84. The van der Waals surface area contributed by atoms with Gasteiger partial charge in [-0.25, -0.2) is 4.98 Å². The van der Waals surface area contributed by atoms with Gasteiger partial charge in [-0.3, -0.25) is 9.59 Å². The molecular weight excluding hydrogens is 376 g/mol. The van der Waals surface area contributed by atoms with Crippen molar-refractivity contribution in [2.24, 2.45) is 0 Å². The Balaban J connectivity index is 2.00. The number of nitrogens with zero attached hydrogens (tertiary/aromatic N) is 3. The van der Waals surface area contributed by atoms with Gasteiger partial charge in [-0.15, -0.1) is 13.2 Å². The van der Waals surface area contributed by atoms with E-state index >= 15 is 0 Å². The van der Waals surface area contributed by atoms with E-state index in [2.05, 4.69) is 18.5 Å². The molecule has 0 bridgehead atoms. The lowest BCUT2D eigenvalue weighted by molar-refractivity contribution is -0.130. The third kappa shape index (κ3) is 6.87. The number of carbonyl (C=O) groups is 2. The summed E-state index contributed by atoms with van der Waals surface area (Å²) in [6.45, 7) is 11.5. The van der Waals surface area contributed by atoms with Gasteiger partial charge in [0.05, 0.1) is 11.0 Å². The number of benzene rings is 1. The first-order valence-electron chi connectivity index (χ1n) is 10.8. The lowest BCUT2D eigenvalue weighted by Crippen LogP contribution is -2.34. The van der Waals surface area contributed by atoms with Gasteiger partial charge in [0.15, 0.2) is 0 Å². The molecule has 2 rings (SSSR count). The molecule has 6 heteroatoms. The largest absolute Gasteiger partial charge is 0.356 e. The first kappa shape index (κ1) is 23.4. The van der Waals surface area contributed by atoms with Gasteiger partial charge >= 0.3 is 0 Å². The van der Waals surface area contributed by atoms with E-state index < -0.39 is 0 Å². The van der Waals surface area contributed by atoms with E-state index in [1.54, 1.807) is 17.1 Å². The minimum atomic E-state index is 0.0258. The van der Waals surface area contributed by atoms with E-state index in [1.165, 1.54) is 0 Å². The summed E-state index contributed by atoms with van der Waals surface area (Å²) < 4.78 is 2.03. The van der Waals surface area contributed by atoms with E-state index in [9.17, 15) is 9.59 Å². The van der Waals surface area contributed by atoms with Crippen molar-refractivity contribution in [1.29, 1.82) is 0 Å². The molecule has 0 aliphatic rings. The lowest BCUT2D eigenvalue weighted by atomic mass is 10.2. The van der Waals surface area contributed by atoms with Gasteiger partial charge in [0.25, 0.3) is 0 Å². The van der Waals surface area contributed by atoms with Crippen LogP contribution in [0.1, 0.15) is 44.9 Å². The number of aromatic nitrogens is 2. The highest BCUT2D eigenvalue weighted by molar-refractivity contribution is 5.81. The average molecular weight is 411 g/mol. The molecule has 6 nitrogen and oxygen atoms in total. The van der Waals surface area contributed by atoms with Crippen molar-refractivity contribution in [3.8, 4) is 0 Å². The van der Waals surface area contributed by atoms with Crippen LogP contribution >= 0.6 is 0 Å². The molecule has 1 aromatic heterocycles. The molecular formula is C24H34N4O2. The highest BCUT2D eigenvalue weighted by atomic mass is 16.2. The fourth-order valence-corrected chi connectivity index (χ4v) is 3.45. The molecule has 0 fully saturated rings. The molecule has 2 amide bonds. The van der Waals surface area contributed by atoms with E-state index in [1.807, 2.05) is 35.8 Å². The molecule has 1 heterocycles. The van der Waals surface area contributed by atoms with Crippen LogP contribution in [-0.4, -0.2) is 45.9 Å². The van der Waals surface area contributed by atoms with E-state index in [0.29, 0.717) is 26.1 Å². The second kappa shape index (κ2) is 12.6. The first-order valence-corrected chi connectivity index (χ1v) is 10.8. The van der Waals surface area contributed by atoms with Gasteiger partial charge in [0.1, 0.15) is 12.4 Å². The number of hydrogen-bond acceptors (Lipinski definition) is 3. The molecule has 0 atom stereocenters. The van der Waals surface area contributed by atoms with Crippen LogP contribution in [0.5, 0.6) is 0 Å². The van der Waals surface area contributed by atoms with Crippen LogP contribution in [0, 0.1) is 0 Å². The fourth-order valence-electron chi connectivity index (χ4n) is 3.45. The molecule has 1 N–H and O–H groups in total. The van der Waals surface area contributed by atoms with Crippen LogP contribution in [0.15, 0.2) is 49.6 Å². The second-order valence-electron chi connectivity index (χ2n) is 7.39. The molecule has 0 aliphatic heterocycles. The summed E-state index contributed by atoms with van der Waals surface area (Å²) in [5.41, 5.74) is 1.89. The maximum Gasteiger partial charge on any atom is 0.243 e. The molecule has 0 radical (unpaired) electrons. The summed E-state index contributed by atoms with van der Waals surface area (Å²) in [6.07, 6.45) is 8.63. The van der Waals surface area contributed by atoms with Crippen LogP contribution in [0.3, 0.4) is 0 Å². The van der Waals surface area contributed by atoms with Gasteiger partial charge in [0, 0.05) is 32.5 Å². The summed E-state index contributed by atoms with van der Waals surface area (Å²) in [6, 6.07) is 7.92. The SMILES string of the molecule is C=CCN(CC=C)C(=O)Cn1c(CCCCCNC(=O)CCC)nc2ccccc21. The monoisotopic (exact) mass is 410 g/mol. The number of para-hydroxylation sites is 2. The number of carbonyl (C=O) groups excluding carboxylic acids is 2. The van der Waals surface area contributed by atoms with Gasteiger partial charge in [-0.2, -0.15) is 0 Å². The van der Waals surface area contributed by atoms with Gasteiger partial charge in [0.2, 0.25) is 11.8 Å². The predicted octanol–water partition coefficient (Wildman–Crippen LogP) is 3.87. The maximum atomic E-state index is 12.9. The van der Waals surface area contributed by atoms with Gasteiger partial charge in [-0.05, 0) is 31.4 Å². The highest BCUT2D eigenvalue weighted by Crippen LogP contribution is 2.18. The van der Waals surface area contributed by atoms with Crippen LogP contribution in [0.25, 0.3) is 11.0 Å². The average Bonchev–Trinajstić information content (AvgIpc) is 3.08. The number of unbranched alkanes of at least 4 members (excludes halogenated alkanes) is 2. The first-order chi connectivity index (χ1) is 14.6. The quantitative estimate of drug-likeness (QED) is 0.380. The maximum absolute atomic E-state index is 12.9. The van der Waals surface area contributed by atoms with E-state index in [4.69, 9.17) is 4.98 Å². The Morgan fingerprint density at radius 2 is 1.87 bits per heavy atom. The third-order valence-corrected chi connectivity index (χ3v) is 4.96. The number of nitrogens with one attached hydrogen (secondary N) is 1. The molecule has 0 aliphatic carbocycles. The Hall–Kier alpha value is -2.89. The summed E-state index contributed by atoms with van der Waals surface area (Å²) >= 11 is 0. The Morgan fingerprint density at radius 1 is 1.13 bits per heavy atom. The van der Waals surface area contributed by atoms with E-state index in [0.717, 1.165) is 49.0 Å². The second-order valence-corrected chi connectivity index (χ2v) is 7.39. The summed E-state index contributed by atoms with van der Waals surface area (Å²) in [5, 5.41) is 2.95. The number of rotatable bonds is 14. The number of amides is 2. The zero-order chi connectivity index (χ0) is 21.8. The minimum Gasteiger partial charge on any atom is -0.356 e. The van der Waals surface area contributed by atoms with Crippen LogP contribution < -0.4 is 5.32 Å². The Labute approximate surface area is 179 Å². The highest BCUT2D eigenvalue weighted by Gasteiger charge is 2.17. The van der Waals surface area contributed by atoms with Crippen molar-refractivity contribution in [3.63, 3.8) is 0 Å². The number of hydrogen-bond donors (Lipinski definition) is 1. The van der Waals surface area contributed by atoms with Crippen molar-refractivity contribution >= 4 is 22.8 Å². The number of imidazole rings is 1. The number of aryl methyl sites for hydroxylation is 1. The van der Waals surface area contributed by atoms with Crippen molar-refractivity contribution in [2.75, 3.05) is 19.6 Å². The van der Waals surface area contributed by atoms with E-state index in [-0.39, 0.29) is 18.4 Å². The van der Waals surface area contributed by atoms with Gasteiger partial charge in [-0.1, -0.05) is 37.6 Å². The Bertz CT molecular complexity index is 846. The van der Waals surface area contributed by atoms with Crippen LogP contribution in [-0.2, 0) is 22.6 Å². The molecule has 2 aromatic rings. The zero-order valence-corrected chi connectivity index (χ0v) is 18.1. The fraction of sp³-hybridized carbons (Fsp3) is 0.458. The molecule has 0 spiro atoms. The van der Waals surface area contributed by atoms with Gasteiger partial charge < -0.3 is 14.8 Å². The molecule has 0 unspecified atom stereocenters. The zero-order valence-electron chi connectivity index (χ0n) is 18.1. The van der Waals surface area contributed by atoms with Crippen molar-refractivity contribution in [3.05, 3.63) is 55.4 Å². The summed E-state index contributed by atoms with van der Waals surface area (Å²) in [4.78, 5) is 30.9. The summed E-state index contributed by atoms with van der Waals surface area (Å²) in [7, 11) is 0. The smallest absolute Gasteiger partial charge is 0.243 e. The van der Waals surface area contributed by atoms with Crippen molar-refractivity contribution < 1.29 is 9.59 Å². The van der Waals surface area contributed by atoms with Crippen molar-refractivity contribution in [2.45, 2.75) is 52.0 Å². The Morgan fingerprint density at radius 3 is 2.57 bits per heavy atom. The molecule has 0 saturated carbocycles. The topological polar surface area (TPSA) is 67.2 Å². The third-order valence-electron chi connectivity index (χ3n) is 4.96. The lowest BCUT2D eigenvalue weighted by Gasteiger charge is -2.20. The summed E-state index contributed by atoms with van der Waals surface area (Å²) in [5.74, 6) is 1.08. The van der Waals surface area contributed by atoms with Crippen molar-refractivity contribution in [1.82, 2.24) is 19.8 Å². The van der Waals surface area contributed by atoms with Crippen LogP contribution in [0.4, 0.5) is 0 Å². The predicted molar refractivity (Wildman–Crippen MR) is 122 cm³/mol. The standard InChI is InChI=1S/C24H34N4O2/c1-4-12-23(29)25-16-11-7-8-15-22-26-20-13-9-10-14-21(20)28(22)19-24(30)27(17-5-2)18-6-3/h5-6,9-10,13-14H,2-4,7-8,11-12,15-19H2,1H3,(H,25,29). The molecule has 162 valence electrons. The normalized spacial score (nSPS) is 10.7. The van der Waals surface area contributed by atoms with Crippen LogP contribution in [0.2, 0.25) is 0 Å². The molecule has 1 aromatic carbocycles.